The molecule has 0 spiro atoms. The van der Waals surface area contributed by atoms with Crippen molar-refractivity contribution in [2.24, 2.45) is 0 Å². The first-order valence-corrected chi connectivity index (χ1v) is 6.34. The fourth-order valence-electron chi connectivity index (χ4n) is 2.51. The minimum Gasteiger partial charge on any atom is -0.493 e. The average molecular weight is 256 g/mol. The molecule has 1 aromatic heterocycles. The molecule has 4 nitrogen and oxygen atoms in total. The van der Waals surface area contributed by atoms with Crippen LogP contribution in [0.2, 0.25) is 0 Å². The van der Waals surface area contributed by atoms with Gasteiger partial charge < -0.3 is 15.6 Å². The predicted octanol–water partition coefficient (Wildman–Crippen LogP) is 1.74. The standard InChI is InChI=1S/C15H16N2O2/c16-15-8-10(5-6-17-15)7-13(18)12-9-19-14-4-2-1-3-11(12)14/h1-6,8,12-13,18H,7,9H2,(H2,16,17). The second kappa shape index (κ2) is 4.90. The number of rotatable bonds is 3. The van der Waals surface area contributed by atoms with Gasteiger partial charge in [0, 0.05) is 17.7 Å². The maximum atomic E-state index is 10.4. The number of hydrogen-bond donors (Lipinski definition) is 2. The molecule has 19 heavy (non-hydrogen) atoms. The van der Waals surface area contributed by atoms with E-state index in [1.807, 2.05) is 30.3 Å². The van der Waals surface area contributed by atoms with Crippen molar-refractivity contribution in [3.05, 3.63) is 53.7 Å². The van der Waals surface area contributed by atoms with Gasteiger partial charge in [0.1, 0.15) is 11.6 Å². The lowest BCUT2D eigenvalue weighted by atomic mass is 9.91. The van der Waals surface area contributed by atoms with Gasteiger partial charge in [0.25, 0.3) is 0 Å². The van der Waals surface area contributed by atoms with Gasteiger partial charge in [-0.2, -0.15) is 0 Å². The van der Waals surface area contributed by atoms with Crippen LogP contribution in [0.15, 0.2) is 42.6 Å². The van der Waals surface area contributed by atoms with Gasteiger partial charge in [-0.15, -0.1) is 0 Å². The molecular weight excluding hydrogens is 240 g/mol. The topological polar surface area (TPSA) is 68.4 Å². The Balaban J connectivity index is 1.77. The van der Waals surface area contributed by atoms with Crippen molar-refractivity contribution in [1.29, 1.82) is 0 Å². The summed E-state index contributed by atoms with van der Waals surface area (Å²) < 4.78 is 5.60. The number of aliphatic hydroxyl groups is 1. The molecule has 2 unspecified atom stereocenters. The molecule has 3 rings (SSSR count). The molecule has 0 fully saturated rings. The third kappa shape index (κ3) is 2.39. The van der Waals surface area contributed by atoms with E-state index in [0.717, 1.165) is 16.9 Å². The maximum Gasteiger partial charge on any atom is 0.123 e. The van der Waals surface area contributed by atoms with Crippen molar-refractivity contribution >= 4 is 5.82 Å². The van der Waals surface area contributed by atoms with Crippen LogP contribution < -0.4 is 10.5 Å². The van der Waals surface area contributed by atoms with Gasteiger partial charge in [-0.3, -0.25) is 0 Å². The highest BCUT2D eigenvalue weighted by molar-refractivity contribution is 5.41. The molecule has 0 amide bonds. The number of aromatic nitrogens is 1. The fraction of sp³-hybridized carbons (Fsp3) is 0.267. The number of hydrogen-bond acceptors (Lipinski definition) is 4. The van der Waals surface area contributed by atoms with Crippen LogP contribution in [0.5, 0.6) is 5.75 Å². The van der Waals surface area contributed by atoms with Crippen LogP contribution in [0, 0.1) is 0 Å². The van der Waals surface area contributed by atoms with Crippen molar-refractivity contribution in [2.45, 2.75) is 18.4 Å². The van der Waals surface area contributed by atoms with Gasteiger partial charge in [0.2, 0.25) is 0 Å². The molecule has 0 radical (unpaired) electrons. The Hall–Kier alpha value is -2.07. The van der Waals surface area contributed by atoms with Crippen LogP contribution in [0.4, 0.5) is 5.82 Å². The summed E-state index contributed by atoms with van der Waals surface area (Å²) in [5.41, 5.74) is 7.72. The van der Waals surface area contributed by atoms with Crippen molar-refractivity contribution < 1.29 is 9.84 Å². The number of para-hydroxylation sites is 1. The summed E-state index contributed by atoms with van der Waals surface area (Å²) in [6.07, 6.45) is 1.73. The van der Waals surface area contributed by atoms with E-state index in [-0.39, 0.29) is 5.92 Å². The third-order valence-corrected chi connectivity index (χ3v) is 3.49. The van der Waals surface area contributed by atoms with E-state index in [1.54, 1.807) is 12.3 Å². The van der Waals surface area contributed by atoms with Crippen LogP contribution in [-0.2, 0) is 6.42 Å². The van der Waals surface area contributed by atoms with Gasteiger partial charge in [0.05, 0.1) is 12.7 Å². The first-order valence-electron chi connectivity index (χ1n) is 6.34. The highest BCUT2D eigenvalue weighted by atomic mass is 16.5. The number of aliphatic hydroxyl groups excluding tert-OH is 1. The average Bonchev–Trinajstić information content (AvgIpc) is 2.82. The number of nitrogens with zero attached hydrogens (tertiary/aromatic N) is 1. The van der Waals surface area contributed by atoms with Gasteiger partial charge >= 0.3 is 0 Å². The Kier molecular flexibility index (Phi) is 3.09. The SMILES string of the molecule is Nc1cc(CC(O)C2COc3ccccc32)ccn1. The van der Waals surface area contributed by atoms with E-state index < -0.39 is 6.10 Å². The zero-order chi connectivity index (χ0) is 13.2. The Morgan fingerprint density at radius 3 is 3.05 bits per heavy atom. The van der Waals surface area contributed by atoms with E-state index in [4.69, 9.17) is 10.5 Å². The van der Waals surface area contributed by atoms with Crippen molar-refractivity contribution in [1.82, 2.24) is 4.98 Å². The van der Waals surface area contributed by atoms with Crippen LogP contribution in [-0.4, -0.2) is 22.8 Å². The first kappa shape index (κ1) is 12.0. The van der Waals surface area contributed by atoms with Crippen LogP contribution >= 0.6 is 0 Å². The van der Waals surface area contributed by atoms with Gasteiger partial charge in [-0.1, -0.05) is 18.2 Å². The summed E-state index contributed by atoms with van der Waals surface area (Å²) in [7, 11) is 0. The summed E-state index contributed by atoms with van der Waals surface area (Å²) in [5, 5.41) is 10.4. The Morgan fingerprint density at radius 2 is 2.21 bits per heavy atom. The summed E-state index contributed by atoms with van der Waals surface area (Å²) in [6.45, 7) is 0.529. The van der Waals surface area contributed by atoms with Crippen molar-refractivity contribution in [3.63, 3.8) is 0 Å². The summed E-state index contributed by atoms with van der Waals surface area (Å²) in [6, 6.07) is 11.5. The van der Waals surface area contributed by atoms with E-state index in [0.29, 0.717) is 18.8 Å². The number of nitrogen functional groups attached to an aromatic ring is 1. The Labute approximate surface area is 111 Å². The van der Waals surface area contributed by atoms with Gasteiger partial charge in [-0.05, 0) is 30.2 Å². The lowest BCUT2D eigenvalue weighted by Gasteiger charge is -2.17. The third-order valence-electron chi connectivity index (χ3n) is 3.49. The molecule has 98 valence electrons. The lowest BCUT2D eigenvalue weighted by molar-refractivity contribution is 0.129. The highest BCUT2D eigenvalue weighted by Crippen LogP contribution is 2.36. The maximum absolute atomic E-state index is 10.4. The number of benzene rings is 1. The smallest absolute Gasteiger partial charge is 0.123 e. The molecule has 2 heterocycles. The van der Waals surface area contributed by atoms with E-state index in [2.05, 4.69) is 4.98 Å². The largest absolute Gasteiger partial charge is 0.493 e. The number of nitrogens with two attached hydrogens (primary N) is 1. The second-order valence-electron chi connectivity index (χ2n) is 4.82. The van der Waals surface area contributed by atoms with Crippen LogP contribution in [0.3, 0.4) is 0 Å². The molecule has 2 aromatic rings. The van der Waals surface area contributed by atoms with Gasteiger partial charge in [0.15, 0.2) is 0 Å². The quantitative estimate of drug-likeness (QED) is 0.877. The minimum absolute atomic E-state index is 0.0191. The molecule has 0 aliphatic carbocycles. The lowest BCUT2D eigenvalue weighted by Crippen LogP contribution is -2.22. The second-order valence-corrected chi connectivity index (χ2v) is 4.82. The number of pyridine rings is 1. The zero-order valence-electron chi connectivity index (χ0n) is 10.5. The summed E-state index contributed by atoms with van der Waals surface area (Å²) in [4.78, 5) is 3.95. The first-order chi connectivity index (χ1) is 9.24. The van der Waals surface area contributed by atoms with Crippen molar-refractivity contribution in [2.75, 3.05) is 12.3 Å². The molecular formula is C15H16N2O2. The number of anilines is 1. The fourth-order valence-corrected chi connectivity index (χ4v) is 2.51. The minimum atomic E-state index is -0.481. The molecule has 3 N–H and O–H groups in total. The van der Waals surface area contributed by atoms with Crippen LogP contribution in [0.1, 0.15) is 17.0 Å². The molecule has 1 aliphatic heterocycles. The van der Waals surface area contributed by atoms with Gasteiger partial charge in [-0.25, -0.2) is 4.98 Å². The highest BCUT2D eigenvalue weighted by Gasteiger charge is 2.29. The molecule has 0 bridgehead atoms. The number of ether oxygens (including phenoxy) is 1. The Morgan fingerprint density at radius 1 is 1.37 bits per heavy atom. The molecule has 4 heteroatoms. The molecule has 2 atom stereocenters. The predicted molar refractivity (Wildman–Crippen MR) is 73.0 cm³/mol. The summed E-state index contributed by atoms with van der Waals surface area (Å²) in [5.74, 6) is 1.37. The van der Waals surface area contributed by atoms with Crippen molar-refractivity contribution in [3.8, 4) is 5.75 Å². The Bertz CT molecular complexity index is 586. The molecule has 0 saturated carbocycles. The normalized spacial score (nSPS) is 18.7. The van der Waals surface area contributed by atoms with E-state index in [1.165, 1.54) is 0 Å². The molecule has 1 aromatic carbocycles. The van der Waals surface area contributed by atoms with E-state index in [9.17, 15) is 5.11 Å². The summed E-state index contributed by atoms with van der Waals surface area (Å²) >= 11 is 0. The zero-order valence-corrected chi connectivity index (χ0v) is 10.5. The number of fused-ring (bicyclic) bond motifs is 1. The monoisotopic (exact) mass is 256 g/mol. The van der Waals surface area contributed by atoms with Crippen LogP contribution in [0.25, 0.3) is 0 Å². The van der Waals surface area contributed by atoms with E-state index >= 15 is 0 Å². The molecule has 0 saturated heterocycles. The molecule has 1 aliphatic rings.